The van der Waals surface area contributed by atoms with Gasteiger partial charge in [0.25, 0.3) is 0 Å². The summed E-state index contributed by atoms with van der Waals surface area (Å²) in [6, 6.07) is 8.28. The largest absolute Gasteiger partial charge is 0.370 e. The third-order valence-electron chi connectivity index (χ3n) is 2.24. The maximum atomic E-state index is 5.78. The summed E-state index contributed by atoms with van der Waals surface area (Å²) in [5, 5.41) is 7.26. The zero-order valence-electron chi connectivity index (χ0n) is 9.43. The number of thiophene rings is 2. The van der Waals surface area contributed by atoms with Crippen molar-refractivity contribution < 1.29 is 0 Å². The van der Waals surface area contributed by atoms with Gasteiger partial charge in [0.2, 0.25) is 0 Å². The smallest absolute Gasteiger partial charge is 0.188 e. The number of rotatable bonds is 5. The van der Waals surface area contributed by atoms with Crippen LogP contribution < -0.4 is 11.1 Å². The van der Waals surface area contributed by atoms with Crippen molar-refractivity contribution in [2.24, 2.45) is 10.7 Å². The molecule has 0 spiro atoms. The summed E-state index contributed by atoms with van der Waals surface area (Å²) in [5.74, 6) is 0.523. The average molecular weight is 265 g/mol. The van der Waals surface area contributed by atoms with Crippen LogP contribution in [0, 0.1) is 0 Å². The molecule has 2 aromatic heterocycles. The van der Waals surface area contributed by atoms with Gasteiger partial charge in [-0.05, 0) is 29.3 Å². The number of hydrogen-bond acceptors (Lipinski definition) is 3. The zero-order chi connectivity index (χ0) is 11.9. The van der Waals surface area contributed by atoms with Gasteiger partial charge in [-0.1, -0.05) is 12.1 Å². The first-order valence-corrected chi connectivity index (χ1v) is 7.19. The Bertz CT molecular complexity index is 446. The summed E-state index contributed by atoms with van der Waals surface area (Å²) >= 11 is 3.46. The van der Waals surface area contributed by atoms with Gasteiger partial charge < -0.3 is 11.1 Å². The fraction of sp³-hybridized carbons (Fsp3) is 0.250. The van der Waals surface area contributed by atoms with E-state index in [1.54, 1.807) is 22.7 Å². The topological polar surface area (TPSA) is 50.4 Å². The molecule has 0 bridgehead atoms. The number of nitrogens with zero attached hydrogens (tertiary/aromatic N) is 1. The van der Waals surface area contributed by atoms with Crippen molar-refractivity contribution >= 4 is 28.6 Å². The third kappa shape index (κ3) is 4.20. The summed E-state index contributed by atoms with van der Waals surface area (Å²) in [6.07, 6.45) is 0.993. The fourth-order valence-corrected chi connectivity index (χ4v) is 2.73. The van der Waals surface area contributed by atoms with Crippen LogP contribution in [-0.4, -0.2) is 12.5 Å². The first-order chi connectivity index (χ1) is 8.34. The molecule has 5 heteroatoms. The SMILES string of the molecule is NC(=NCc1cccs1)NCCc1cccs1. The molecule has 2 rings (SSSR count). The Morgan fingerprint density at radius 2 is 1.88 bits per heavy atom. The maximum absolute atomic E-state index is 5.78. The Kier molecular flexibility index (Phi) is 4.58. The van der Waals surface area contributed by atoms with Gasteiger partial charge in [-0.3, -0.25) is 0 Å². The molecule has 3 N–H and O–H groups in total. The molecule has 0 unspecified atom stereocenters. The van der Waals surface area contributed by atoms with Gasteiger partial charge >= 0.3 is 0 Å². The molecule has 90 valence electrons. The van der Waals surface area contributed by atoms with Crippen LogP contribution in [0.2, 0.25) is 0 Å². The van der Waals surface area contributed by atoms with Gasteiger partial charge in [-0.15, -0.1) is 22.7 Å². The standard InChI is InChI=1S/C12H15N3S2/c13-12(15-9-11-4-2-8-17-11)14-6-5-10-3-1-7-16-10/h1-4,7-8H,5-6,9H2,(H3,13,14,15). The average Bonchev–Trinajstić information content (AvgIpc) is 2.99. The van der Waals surface area contributed by atoms with Gasteiger partial charge in [-0.25, -0.2) is 4.99 Å². The molecule has 17 heavy (non-hydrogen) atoms. The molecule has 2 aromatic rings. The first kappa shape index (κ1) is 12.1. The van der Waals surface area contributed by atoms with Crippen molar-refractivity contribution in [2.75, 3.05) is 6.54 Å². The molecular formula is C12H15N3S2. The summed E-state index contributed by atoms with van der Waals surface area (Å²) in [5.41, 5.74) is 5.78. The second kappa shape index (κ2) is 6.42. The number of hydrogen-bond donors (Lipinski definition) is 2. The quantitative estimate of drug-likeness (QED) is 0.644. The third-order valence-corrected chi connectivity index (χ3v) is 4.04. The highest BCUT2D eigenvalue weighted by atomic mass is 32.1. The van der Waals surface area contributed by atoms with Crippen molar-refractivity contribution in [1.82, 2.24) is 5.32 Å². The van der Waals surface area contributed by atoms with Crippen LogP contribution >= 0.6 is 22.7 Å². The van der Waals surface area contributed by atoms with Gasteiger partial charge in [0, 0.05) is 16.3 Å². The molecule has 3 nitrogen and oxygen atoms in total. The number of guanidine groups is 1. The molecule has 0 aliphatic heterocycles. The van der Waals surface area contributed by atoms with Gasteiger partial charge in [0.1, 0.15) is 0 Å². The Balaban J connectivity index is 1.70. The Morgan fingerprint density at radius 3 is 2.53 bits per heavy atom. The summed E-state index contributed by atoms with van der Waals surface area (Å²) in [4.78, 5) is 6.88. The van der Waals surface area contributed by atoms with Crippen LogP contribution in [0.5, 0.6) is 0 Å². The van der Waals surface area contributed by atoms with E-state index in [1.807, 2.05) is 11.4 Å². The molecule has 0 aromatic carbocycles. The highest BCUT2D eigenvalue weighted by molar-refractivity contribution is 7.10. The second-order valence-electron chi connectivity index (χ2n) is 3.54. The minimum Gasteiger partial charge on any atom is -0.370 e. The van der Waals surface area contributed by atoms with E-state index < -0.39 is 0 Å². The van der Waals surface area contributed by atoms with E-state index in [4.69, 9.17) is 5.73 Å². The number of aliphatic imine (C=N–C) groups is 1. The van der Waals surface area contributed by atoms with Crippen molar-refractivity contribution in [3.63, 3.8) is 0 Å². The van der Waals surface area contributed by atoms with E-state index in [2.05, 4.69) is 33.9 Å². The molecule has 0 radical (unpaired) electrons. The van der Waals surface area contributed by atoms with Crippen molar-refractivity contribution in [3.8, 4) is 0 Å². The first-order valence-electron chi connectivity index (χ1n) is 5.43. The minimum atomic E-state index is 0.523. The molecule has 0 amide bonds. The van der Waals surface area contributed by atoms with E-state index in [1.165, 1.54) is 9.75 Å². The second-order valence-corrected chi connectivity index (χ2v) is 5.60. The Labute approximate surface area is 109 Å². The predicted molar refractivity (Wildman–Crippen MR) is 75.7 cm³/mol. The van der Waals surface area contributed by atoms with Crippen LogP contribution in [-0.2, 0) is 13.0 Å². The number of nitrogens with one attached hydrogen (secondary N) is 1. The van der Waals surface area contributed by atoms with Crippen LogP contribution in [0.15, 0.2) is 40.0 Å². The minimum absolute atomic E-state index is 0.523. The monoisotopic (exact) mass is 265 g/mol. The lowest BCUT2D eigenvalue weighted by Gasteiger charge is -2.03. The van der Waals surface area contributed by atoms with Crippen molar-refractivity contribution in [1.29, 1.82) is 0 Å². The maximum Gasteiger partial charge on any atom is 0.188 e. The Morgan fingerprint density at radius 1 is 1.18 bits per heavy atom. The highest BCUT2D eigenvalue weighted by Crippen LogP contribution is 2.09. The Hall–Kier alpha value is -1.33. The molecule has 0 fully saturated rings. The lowest BCUT2D eigenvalue weighted by atomic mass is 10.3. The summed E-state index contributed by atoms with van der Waals surface area (Å²) in [7, 11) is 0. The van der Waals surface area contributed by atoms with E-state index in [0.29, 0.717) is 12.5 Å². The normalized spacial score (nSPS) is 11.6. The lowest BCUT2D eigenvalue weighted by Crippen LogP contribution is -2.33. The van der Waals surface area contributed by atoms with Gasteiger partial charge in [-0.2, -0.15) is 0 Å². The van der Waals surface area contributed by atoms with E-state index in [0.717, 1.165) is 13.0 Å². The van der Waals surface area contributed by atoms with E-state index >= 15 is 0 Å². The fourth-order valence-electron chi connectivity index (χ4n) is 1.39. The predicted octanol–water partition coefficient (Wildman–Crippen LogP) is 2.46. The number of nitrogens with two attached hydrogens (primary N) is 1. The van der Waals surface area contributed by atoms with Gasteiger partial charge in [0.15, 0.2) is 5.96 Å². The highest BCUT2D eigenvalue weighted by Gasteiger charge is 1.96. The summed E-state index contributed by atoms with van der Waals surface area (Å²) in [6.45, 7) is 1.50. The molecule has 0 atom stereocenters. The van der Waals surface area contributed by atoms with Crippen molar-refractivity contribution in [2.45, 2.75) is 13.0 Å². The van der Waals surface area contributed by atoms with Crippen LogP contribution in [0.1, 0.15) is 9.75 Å². The molecule has 2 heterocycles. The van der Waals surface area contributed by atoms with E-state index in [-0.39, 0.29) is 0 Å². The molecule has 0 saturated heterocycles. The lowest BCUT2D eigenvalue weighted by molar-refractivity contribution is 0.858. The van der Waals surface area contributed by atoms with Crippen LogP contribution in [0.3, 0.4) is 0 Å². The molecule has 0 saturated carbocycles. The molecule has 0 aliphatic carbocycles. The van der Waals surface area contributed by atoms with E-state index in [9.17, 15) is 0 Å². The van der Waals surface area contributed by atoms with Crippen LogP contribution in [0.4, 0.5) is 0 Å². The molecular weight excluding hydrogens is 250 g/mol. The zero-order valence-corrected chi connectivity index (χ0v) is 11.1. The molecule has 0 aliphatic rings. The van der Waals surface area contributed by atoms with Crippen molar-refractivity contribution in [3.05, 3.63) is 44.8 Å². The summed E-state index contributed by atoms with van der Waals surface area (Å²) < 4.78 is 0. The van der Waals surface area contributed by atoms with Gasteiger partial charge in [0.05, 0.1) is 6.54 Å². The van der Waals surface area contributed by atoms with Crippen LogP contribution in [0.25, 0.3) is 0 Å².